The number of carbonyl (C=O) groups excluding carboxylic acids is 2. The van der Waals surface area contributed by atoms with Crippen LogP contribution in [0.25, 0.3) is 0 Å². The summed E-state index contributed by atoms with van der Waals surface area (Å²) in [6, 6.07) is -0.595. The third-order valence-corrected chi connectivity index (χ3v) is 2.02. The van der Waals surface area contributed by atoms with Crippen LogP contribution in [0.15, 0.2) is 0 Å². The molecule has 0 bridgehead atoms. The average Bonchev–Trinajstić information content (AvgIpc) is 2.31. The largest absolute Gasteiger partial charge is 0.368 e. The van der Waals surface area contributed by atoms with Crippen molar-refractivity contribution < 1.29 is 9.59 Å². The topological polar surface area (TPSA) is 58.2 Å². The summed E-state index contributed by atoms with van der Waals surface area (Å²) in [5, 5.41) is 5.18. The number of rotatable bonds is 2. The summed E-state index contributed by atoms with van der Waals surface area (Å²) in [7, 11) is 4.90. The highest BCUT2D eigenvalue weighted by atomic mass is 32.1. The van der Waals surface area contributed by atoms with E-state index in [0.29, 0.717) is 11.4 Å². The maximum absolute atomic E-state index is 10.4. The van der Waals surface area contributed by atoms with E-state index in [0.717, 1.165) is 6.29 Å². The van der Waals surface area contributed by atoms with Gasteiger partial charge in [0.05, 0.1) is 17.1 Å². The van der Waals surface area contributed by atoms with Gasteiger partial charge in [-0.25, -0.2) is 0 Å². The second-order valence-electron chi connectivity index (χ2n) is 2.55. The molecule has 62 valence electrons. The lowest BCUT2D eigenvalue weighted by atomic mass is 10.1. The van der Waals surface area contributed by atoms with Gasteiger partial charge in [-0.1, -0.05) is 12.2 Å². The van der Waals surface area contributed by atoms with E-state index in [-0.39, 0.29) is 12.1 Å². The summed E-state index contributed by atoms with van der Waals surface area (Å²) >= 11 is 4.86. The van der Waals surface area contributed by atoms with E-state index in [1.54, 1.807) is 0 Å². The summed E-state index contributed by atoms with van der Waals surface area (Å²) in [6.45, 7) is 0. The van der Waals surface area contributed by atoms with Gasteiger partial charge in [0.1, 0.15) is 6.29 Å². The Balaban J connectivity index is 2.51. The molecule has 0 saturated carbocycles. The van der Waals surface area contributed by atoms with Crippen molar-refractivity contribution in [2.75, 3.05) is 0 Å². The summed E-state index contributed by atoms with van der Waals surface area (Å²) < 4.78 is 0. The highest BCUT2D eigenvalue weighted by molar-refractivity contribution is 7.80. The van der Waals surface area contributed by atoms with E-state index >= 15 is 0 Å². The van der Waals surface area contributed by atoms with Gasteiger partial charge in [0.2, 0.25) is 7.85 Å². The number of carbonyl (C=O) groups is 2. The van der Waals surface area contributed by atoms with Gasteiger partial charge in [0, 0.05) is 6.42 Å². The van der Waals surface area contributed by atoms with Crippen molar-refractivity contribution in [2.24, 2.45) is 0 Å². The predicted octanol–water partition coefficient (Wildman–Crippen LogP) is -0.879. The summed E-state index contributed by atoms with van der Waals surface area (Å²) in [5.41, 5.74) is 0. The SMILES string of the molecule is [B]C(=O)N[C@H]1C[C@@H](C=O)NC1=S. The van der Waals surface area contributed by atoms with E-state index in [4.69, 9.17) is 20.1 Å². The molecule has 1 amide bonds. The Hall–Kier alpha value is -0.905. The molecule has 1 heterocycles. The van der Waals surface area contributed by atoms with Crippen LogP contribution in [0.4, 0.5) is 4.79 Å². The lowest BCUT2D eigenvalue weighted by Gasteiger charge is -2.08. The summed E-state index contributed by atoms with van der Waals surface area (Å²) in [4.78, 5) is 21.2. The number of amides is 1. The minimum Gasteiger partial charge on any atom is -0.368 e. The Morgan fingerprint density at radius 1 is 1.83 bits per heavy atom. The molecule has 0 unspecified atom stereocenters. The van der Waals surface area contributed by atoms with E-state index in [9.17, 15) is 9.59 Å². The number of thiocarbonyl (C=S) groups is 1. The highest BCUT2D eigenvalue weighted by Gasteiger charge is 2.28. The number of aldehydes is 1. The van der Waals surface area contributed by atoms with Gasteiger partial charge in [-0.15, -0.1) is 0 Å². The first kappa shape index (κ1) is 9.19. The van der Waals surface area contributed by atoms with Gasteiger partial charge < -0.3 is 15.4 Å². The van der Waals surface area contributed by atoms with Gasteiger partial charge >= 0.3 is 0 Å². The Bertz CT molecular complexity index is 234. The number of hydrogen-bond donors (Lipinski definition) is 2. The van der Waals surface area contributed by atoms with Gasteiger partial charge in [-0.2, -0.15) is 0 Å². The molecular weight excluding hydrogens is 175 g/mol. The van der Waals surface area contributed by atoms with Crippen LogP contribution >= 0.6 is 12.2 Å². The van der Waals surface area contributed by atoms with Crippen LogP contribution in [0.3, 0.4) is 0 Å². The molecule has 1 rings (SSSR count). The first-order valence-corrected chi connectivity index (χ1v) is 3.86. The minimum absolute atomic E-state index is 0.297. The van der Waals surface area contributed by atoms with Gasteiger partial charge in [-0.05, 0) is 0 Å². The molecule has 1 aliphatic rings. The fourth-order valence-electron chi connectivity index (χ4n) is 1.09. The summed E-state index contributed by atoms with van der Waals surface area (Å²) in [5.74, 6) is -0.629. The van der Waals surface area contributed by atoms with E-state index in [1.807, 2.05) is 0 Å². The third-order valence-electron chi connectivity index (χ3n) is 1.61. The van der Waals surface area contributed by atoms with Gasteiger partial charge in [-0.3, -0.25) is 4.79 Å². The maximum Gasteiger partial charge on any atom is 0.200 e. The third kappa shape index (κ3) is 2.04. The molecule has 2 atom stereocenters. The molecule has 2 radical (unpaired) electrons. The normalized spacial score (nSPS) is 27.8. The molecule has 0 aromatic carbocycles. The van der Waals surface area contributed by atoms with Crippen molar-refractivity contribution in [3.8, 4) is 0 Å². The van der Waals surface area contributed by atoms with Crippen LogP contribution in [0.1, 0.15) is 6.42 Å². The standard InChI is InChI=1S/C6H7BN2O2S/c7-6(11)9-4-1-3(2-10)8-5(4)12/h2-4H,1H2,(H,8,12)(H,9,11)/t3-,4-/m0/s1. The van der Waals surface area contributed by atoms with Crippen molar-refractivity contribution in [3.63, 3.8) is 0 Å². The van der Waals surface area contributed by atoms with E-state index in [1.165, 1.54) is 0 Å². The fraction of sp³-hybridized carbons (Fsp3) is 0.500. The highest BCUT2D eigenvalue weighted by Crippen LogP contribution is 2.07. The molecule has 0 spiro atoms. The van der Waals surface area contributed by atoms with Crippen LogP contribution in [0.2, 0.25) is 0 Å². The molecule has 1 fully saturated rings. The van der Waals surface area contributed by atoms with Crippen LogP contribution in [0.5, 0.6) is 0 Å². The van der Waals surface area contributed by atoms with Gasteiger partial charge in [0.15, 0.2) is 5.81 Å². The van der Waals surface area contributed by atoms with E-state index in [2.05, 4.69) is 10.6 Å². The van der Waals surface area contributed by atoms with Crippen LogP contribution in [0, 0.1) is 0 Å². The second-order valence-corrected chi connectivity index (χ2v) is 2.99. The zero-order chi connectivity index (χ0) is 9.14. The van der Waals surface area contributed by atoms with Gasteiger partial charge in [0.25, 0.3) is 0 Å². The van der Waals surface area contributed by atoms with Crippen molar-refractivity contribution in [2.45, 2.75) is 18.5 Å². The average molecular weight is 182 g/mol. The molecule has 1 saturated heterocycles. The Labute approximate surface area is 76.5 Å². The quantitative estimate of drug-likeness (QED) is 0.331. The molecule has 6 heteroatoms. The van der Waals surface area contributed by atoms with Crippen LogP contribution < -0.4 is 10.6 Å². The first-order chi connectivity index (χ1) is 5.63. The molecule has 0 aromatic heterocycles. The monoisotopic (exact) mass is 182 g/mol. The van der Waals surface area contributed by atoms with Crippen molar-refractivity contribution in [1.82, 2.24) is 10.6 Å². The maximum atomic E-state index is 10.4. The molecule has 0 aromatic rings. The molecule has 12 heavy (non-hydrogen) atoms. The zero-order valence-corrected chi connectivity index (χ0v) is 7.06. The summed E-state index contributed by atoms with van der Waals surface area (Å²) in [6.07, 6.45) is 1.24. The Morgan fingerprint density at radius 2 is 2.50 bits per heavy atom. The second kappa shape index (κ2) is 3.66. The molecule has 0 aliphatic carbocycles. The Morgan fingerprint density at radius 3 is 2.92 bits per heavy atom. The number of hydrogen-bond acceptors (Lipinski definition) is 3. The van der Waals surface area contributed by atoms with Crippen molar-refractivity contribution >= 4 is 37.1 Å². The fourth-order valence-corrected chi connectivity index (χ4v) is 1.40. The molecule has 4 nitrogen and oxygen atoms in total. The molecular formula is C6H7BN2O2S. The molecule has 2 N–H and O–H groups in total. The predicted molar refractivity (Wildman–Crippen MR) is 48.3 cm³/mol. The zero-order valence-electron chi connectivity index (χ0n) is 6.24. The van der Waals surface area contributed by atoms with Crippen LogP contribution in [-0.4, -0.2) is 37.0 Å². The van der Waals surface area contributed by atoms with Crippen molar-refractivity contribution in [1.29, 1.82) is 0 Å². The lowest BCUT2D eigenvalue weighted by molar-refractivity contribution is -0.109. The lowest BCUT2D eigenvalue weighted by Crippen LogP contribution is -2.38. The molecule has 1 aliphatic heterocycles. The first-order valence-electron chi connectivity index (χ1n) is 3.45. The van der Waals surface area contributed by atoms with Crippen LogP contribution in [-0.2, 0) is 4.79 Å². The van der Waals surface area contributed by atoms with E-state index < -0.39 is 5.81 Å². The minimum atomic E-state index is -0.629. The Kier molecular flexibility index (Phi) is 2.81. The smallest absolute Gasteiger partial charge is 0.200 e. The number of nitrogens with one attached hydrogen (secondary N) is 2. The van der Waals surface area contributed by atoms with Crippen molar-refractivity contribution in [3.05, 3.63) is 0 Å².